The Morgan fingerprint density at radius 1 is 0.358 bits per heavy atom. The van der Waals surface area contributed by atoms with E-state index in [9.17, 15) is 0 Å². The Morgan fingerprint density at radius 2 is 0.849 bits per heavy atom. The van der Waals surface area contributed by atoms with Crippen LogP contribution in [0.5, 0.6) is 0 Å². The van der Waals surface area contributed by atoms with Gasteiger partial charge in [-0.15, -0.1) is 0 Å². The number of hydrogen-bond donors (Lipinski definition) is 0. The molecule has 0 aliphatic heterocycles. The van der Waals surface area contributed by atoms with Crippen LogP contribution < -0.4 is 4.90 Å². The van der Waals surface area contributed by atoms with E-state index in [0.717, 1.165) is 22.7 Å². The van der Waals surface area contributed by atoms with Crippen molar-refractivity contribution in [2.24, 2.45) is 0 Å². The normalized spacial score (nSPS) is 13.1. The minimum atomic E-state index is -0.388. The first-order valence-electron chi connectivity index (χ1n) is 18.3. The fourth-order valence-electron chi connectivity index (χ4n) is 9.17. The van der Waals surface area contributed by atoms with Gasteiger partial charge >= 0.3 is 0 Å². The summed E-state index contributed by atoms with van der Waals surface area (Å²) in [6.07, 6.45) is 2.15. The van der Waals surface area contributed by atoms with Crippen LogP contribution in [-0.4, -0.2) is 4.57 Å². The fraction of sp³-hybridized carbons (Fsp3) is 0.0196. The fourth-order valence-corrected chi connectivity index (χ4v) is 9.17. The highest BCUT2D eigenvalue weighted by Crippen LogP contribution is 2.63. The summed E-state index contributed by atoms with van der Waals surface area (Å²) in [6.45, 7) is 0. The van der Waals surface area contributed by atoms with Gasteiger partial charge in [0.25, 0.3) is 0 Å². The minimum absolute atomic E-state index is 0.388. The molecule has 0 saturated carbocycles. The van der Waals surface area contributed by atoms with Crippen LogP contribution in [0.3, 0.4) is 0 Å². The third kappa shape index (κ3) is 4.33. The van der Waals surface area contributed by atoms with Gasteiger partial charge in [0.1, 0.15) is 0 Å². The van der Waals surface area contributed by atoms with E-state index in [1.54, 1.807) is 0 Å². The van der Waals surface area contributed by atoms with Crippen molar-refractivity contribution < 1.29 is 0 Å². The number of para-hydroxylation sites is 2. The van der Waals surface area contributed by atoms with Crippen molar-refractivity contribution in [2.75, 3.05) is 4.90 Å². The number of nitrogens with zero attached hydrogens (tertiary/aromatic N) is 2. The van der Waals surface area contributed by atoms with Crippen molar-refractivity contribution >= 4 is 28.0 Å². The summed E-state index contributed by atoms with van der Waals surface area (Å²) < 4.78 is 2.25. The first-order valence-corrected chi connectivity index (χ1v) is 18.3. The van der Waals surface area contributed by atoms with E-state index in [4.69, 9.17) is 0 Å². The number of anilines is 3. The molecule has 53 heavy (non-hydrogen) atoms. The summed E-state index contributed by atoms with van der Waals surface area (Å²) >= 11 is 0. The van der Waals surface area contributed by atoms with Gasteiger partial charge in [0.05, 0.1) is 10.9 Å². The molecule has 2 aliphatic rings. The van der Waals surface area contributed by atoms with E-state index in [2.05, 4.69) is 216 Å². The summed E-state index contributed by atoms with van der Waals surface area (Å²) in [5, 5.41) is 1.25. The predicted octanol–water partition coefficient (Wildman–Crippen LogP) is 13.1. The van der Waals surface area contributed by atoms with Crippen LogP contribution in [0.2, 0.25) is 0 Å². The van der Waals surface area contributed by atoms with Crippen molar-refractivity contribution in [1.29, 1.82) is 0 Å². The van der Waals surface area contributed by atoms with Crippen molar-refractivity contribution in [3.63, 3.8) is 0 Å². The lowest BCUT2D eigenvalue weighted by Gasteiger charge is -2.32. The standard InChI is InChI=1S/C51H34N2/c1-2-13-39(14-3-1)53(40-28-24-36(25-29-40)35-22-26-38(27-23-35)52-33-32-37-12-4-11-21-50(37)52)41-30-31-45-44-17-7-10-20-48(44)51(49(45)34-41)46-18-8-5-15-42(46)43-16-6-9-19-47(43)51/h1-34H. The predicted molar refractivity (Wildman–Crippen MR) is 220 cm³/mol. The van der Waals surface area contributed by atoms with Gasteiger partial charge in [0, 0.05) is 28.9 Å². The van der Waals surface area contributed by atoms with Crippen molar-refractivity contribution in [3.8, 4) is 39.1 Å². The Morgan fingerprint density at radius 3 is 1.49 bits per heavy atom. The summed E-state index contributed by atoms with van der Waals surface area (Å²) in [7, 11) is 0. The topological polar surface area (TPSA) is 8.17 Å². The highest BCUT2D eigenvalue weighted by atomic mass is 15.1. The summed E-state index contributed by atoms with van der Waals surface area (Å²) in [5.41, 5.74) is 18.4. The van der Waals surface area contributed by atoms with Crippen molar-refractivity contribution in [2.45, 2.75) is 5.41 Å². The maximum absolute atomic E-state index is 2.46. The van der Waals surface area contributed by atoms with Crippen LogP contribution in [0, 0.1) is 0 Å². The van der Waals surface area contributed by atoms with Crippen LogP contribution >= 0.6 is 0 Å². The largest absolute Gasteiger partial charge is 0.317 e. The zero-order valence-corrected chi connectivity index (χ0v) is 29.0. The van der Waals surface area contributed by atoms with Gasteiger partial charge in [0.2, 0.25) is 0 Å². The zero-order valence-electron chi connectivity index (χ0n) is 29.0. The Labute approximate surface area is 309 Å². The zero-order chi connectivity index (χ0) is 34.9. The number of benzene rings is 8. The second-order valence-electron chi connectivity index (χ2n) is 14.1. The molecule has 1 spiro atoms. The molecule has 0 radical (unpaired) electrons. The second-order valence-corrected chi connectivity index (χ2v) is 14.1. The molecule has 0 fully saturated rings. The molecule has 2 nitrogen and oxygen atoms in total. The van der Waals surface area contributed by atoms with E-state index in [0.29, 0.717) is 0 Å². The SMILES string of the molecule is c1ccc(N(c2ccc(-c3ccc(-n4ccc5ccccc54)cc3)cc2)c2ccc3c(c2)C2(c4ccccc4-c4ccccc42)c2ccccc2-3)cc1. The average Bonchev–Trinajstić information content (AvgIpc) is 3.89. The lowest BCUT2D eigenvalue weighted by Crippen LogP contribution is -2.26. The third-order valence-electron chi connectivity index (χ3n) is 11.5. The van der Waals surface area contributed by atoms with Gasteiger partial charge < -0.3 is 9.47 Å². The van der Waals surface area contributed by atoms with E-state index in [-0.39, 0.29) is 5.41 Å². The third-order valence-corrected chi connectivity index (χ3v) is 11.5. The molecule has 1 heterocycles. The molecular formula is C51H34N2. The van der Waals surface area contributed by atoms with Gasteiger partial charge in [-0.2, -0.15) is 0 Å². The van der Waals surface area contributed by atoms with E-state index in [1.165, 1.54) is 66.5 Å². The van der Waals surface area contributed by atoms with Crippen LogP contribution in [0.1, 0.15) is 22.3 Å². The Kier molecular flexibility index (Phi) is 6.50. The molecule has 9 aromatic rings. The number of hydrogen-bond acceptors (Lipinski definition) is 1. The monoisotopic (exact) mass is 674 g/mol. The van der Waals surface area contributed by atoms with Crippen LogP contribution in [-0.2, 0) is 5.41 Å². The molecule has 248 valence electrons. The molecule has 0 unspecified atom stereocenters. The average molecular weight is 675 g/mol. The van der Waals surface area contributed by atoms with Crippen LogP contribution in [0.4, 0.5) is 17.1 Å². The number of rotatable bonds is 5. The van der Waals surface area contributed by atoms with Gasteiger partial charge in [-0.1, -0.05) is 140 Å². The minimum Gasteiger partial charge on any atom is -0.317 e. The maximum Gasteiger partial charge on any atom is 0.0726 e. The Hall–Kier alpha value is -6.90. The molecule has 0 amide bonds. The highest BCUT2D eigenvalue weighted by Gasteiger charge is 2.51. The van der Waals surface area contributed by atoms with E-state index >= 15 is 0 Å². The number of aromatic nitrogens is 1. The van der Waals surface area contributed by atoms with Gasteiger partial charge in [-0.05, 0) is 122 Å². The molecule has 2 heteroatoms. The molecule has 0 saturated heterocycles. The quantitative estimate of drug-likeness (QED) is 0.176. The maximum atomic E-state index is 2.46. The molecule has 11 rings (SSSR count). The molecular weight excluding hydrogens is 641 g/mol. The Bertz CT molecular complexity index is 2760. The van der Waals surface area contributed by atoms with Crippen LogP contribution in [0.15, 0.2) is 206 Å². The first kappa shape index (κ1) is 29.8. The van der Waals surface area contributed by atoms with Gasteiger partial charge in [0.15, 0.2) is 0 Å². The van der Waals surface area contributed by atoms with Crippen molar-refractivity contribution in [1.82, 2.24) is 4.57 Å². The summed E-state index contributed by atoms with van der Waals surface area (Å²) in [6, 6.07) is 73.5. The lowest BCUT2D eigenvalue weighted by atomic mass is 9.70. The molecule has 8 aromatic carbocycles. The highest BCUT2D eigenvalue weighted by molar-refractivity contribution is 5.96. The smallest absolute Gasteiger partial charge is 0.0726 e. The molecule has 0 bridgehead atoms. The van der Waals surface area contributed by atoms with Gasteiger partial charge in [-0.3, -0.25) is 0 Å². The summed E-state index contributed by atoms with van der Waals surface area (Å²) in [5.74, 6) is 0. The summed E-state index contributed by atoms with van der Waals surface area (Å²) in [4.78, 5) is 2.40. The first-order chi connectivity index (χ1) is 26.3. The lowest BCUT2D eigenvalue weighted by molar-refractivity contribution is 0.793. The number of fused-ring (bicyclic) bond motifs is 11. The second kappa shape index (κ2) is 11.6. The van der Waals surface area contributed by atoms with E-state index < -0.39 is 0 Å². The molecule has 1 aromatic heterocycles. The Balaban J connectivity index is 1.03. The molecule has 2 aliphatic carbocycles. The van der Waals surface area contributed by atoms with E-state index in [1.807, 2.05) is 0 Å². The molecule has 0 atom stereocenters. The van der Waals surface area contributed by atoms with Gasteiger partial charge in [-0.25, -0.2) is 0 Å². The van der Waals surface area contributed by atoms with Crippen LogP contribution in [0.25, 0.3) is 50.0 Å². The molecule has 0 N–H and O–H groups in total. The van der Waals surface area contributed by atoms with Crippen molar-refractivity contribution in [3.05, 3.63) is 229 Å².